The standard InChI is InChI=1S/C9H15N3O3/c1-9(2)7(14)12(8(15)10-9)5-6(13)11(3)4/h5H2,1-4H3,(H,10,15). The van der Waals surface area contributed by atoms with Crippen LogP contribution in [0.4, 0.5) is 4.79 Å². The summed E-state index contributed by atoms with van der Waals surface area (Å²) in [5.41, 5.74) is -0.913. The zero-order valence-electron chi connectivity index (χ0n) is 9.33. The van der Waals surface area contributed by atoms with Crippen LogP contribution in [-0.2, 0) is 9.59 Å². The summed E-state index contributed by atoms with van der Waals surface area (Å²) < 4.78 is 0. The molecule has 0 aromatic heterocycles. The molecule has 0 aromatic carbocycles. The molecule has 0 unspecified atom stereocenters. The number of rotatable bonds is 2. The number of carbonyl (C=O) groups excluding carboxylic acids is 3. The summed E-state index contributed by atoms with van der Waals surface area (Å²) in [5.74, 6) is -0.654. The summed E-state index contributed by atoms with van der Waals surface area (Å²) in [6.07, 6.45) is 0. The summed E-state index contributed by atoms with van der Waals surface area (Å²) >= 11 is 0. The molecule has 0 aromatic rings. The first-order valence-electron chi connectivity index (χ1n) is 4.60. The van der Waals surface area contributed by atoms with Gasteiger partial charge < -0.3 is 10.2 Å². The third kappa shape index (κ3) is 2.08. The van der Waals surface area contributed by atoms with Crippen molar-refractivity contribution < 1.29 is 14.4 Å². The van der Waals surface area contributed by atoms with Crippen molar-refractivity contribution >= 4 is 17.8 Å². The number of imide groups is 1. The maximum atomic E-state index is 11.7. The molecular formula is C9H15N3O3. The Morgan fingerprint density at radius 1 is 1.40 bits per heavy atom. The number of amides is 4. The fraction of sp³-hybridized carbons (Fsp3) is 0.667. The van der Waals surface area contributed by atoms with Crippen LogP contribution in [0.2, 0.25) is 0 Å². The van der Waals surface area contributed by atoms with Crippen LogP contribution in [0.1, 0.15) is 13.8 Å². The predicted octanol–water partition coefficient (Wildman–Crippen LogP) is -0.595. The van der Waals surface area contributed by atoms with Crippen LogP contribution in [0.25, 0.3) is 0 Å². The Labute approximate surface area is 88.2 Å². The first-order chi connectivity index (χ1) is 6.75. The zero-order chi connectivity index (χ0) is 11.8. The van der Waals surface area contributed by atoms with Gasteiger partial charge in [-0.3, -0.25) is 14.5 Å². The number of likely N-dealkylation sites (N-methyl/N-ethyl adjacent to an activating group) is 1. The van der Waals surface area contributed by atoms with Gasteiger partial charge in [0.05, 0.1) is 0 Å². The van der Waals surface area contributed by atoms with Gasteiger partial charge in [0.15, 0.2) is 0 Å². The Morgan fingerprint density at radius 2 is 1.93 bits per heavy atom. The molecular weight excluding hydrogens is 198 g/mol. The van der Waals surface area contributed by atoms with E-state index in [1.165, 1.54) is 4.90 Å². The van der Waals surface area contributed by atoms with Gasteiger partial charge in [-0.1, -0.05) is 0 Å². The number of urea groups is 1. The van der Waals surface area contributed by atoms with E-state index in [4.69, 9.17) is 0 Å². The van der Waals surface area contributed by atoms with E-state index >= 15 is 0 Å². The van der Waals surface area contributed by atoms with Crippen LogP contribution in [0.15, 0.2) is 0 Å². The minimum atomic E-state index is -0.913. The summed E-state index contributed by atoms with van der Waals surface area (Å²) in [5, 5.41) is 2.50. The lowest BCUT2D eigenvalue weighted by atomic mass is 10.1. The van der Waals surface area contributed by atoms with Crippen molar-refractivity contribution in [1.29, 1.82) is 0 Å². The second-order valence-corrected chi connectivity index (χ2v) is 4.23. The first kappa shape index (κ1) is 11.5. The highest BCUT2D eigenvalue weighted by atomic mass is 16.2. The van der Waals surface area contributed by atoms with Gasteiger partial charge in [0.1, 0.15) is 12.1 Å². The summed E-state index contributed by atoms with van der Waals surface area (Å²) in [7, 11) is 3.15. The quantitative estimate of drug-likeness (QED) is 0.623. The number of nitrogens with one attached hydrogen (secondary N) is 1. The highest BCUT2D eigenvalue weighted by molar-refractivity contribution is 6.08. The lowest BCUT2D eigenvalue weighted by Crippen LogP contribution is -2.42. The fourth-order valence-corrected chi connectivity index (χ4v) is 1.24. The van der Waals surface area contributed by atoms with Crippen molar-refractivity contribution in [3.63, 3.8) is 0 Å². The van der Waals surface area contributed by atoms with Gasteiger partial charge in [-0.2, -0.15) is 0 Å². The minimum absolute atomic E-state index is 0.207. The number of carbonyl (C=O) groups is 3. The lowest BCUT2D eigenvalue weighted by Gasteiger charge is -2.17. The Hall–Kier alpha value is -1.59. The van der Waals surface area contributed by atoms with Crippen LogP contribution in [0.5, 0.6) is 0 Å². The largest absolute Gasteiger partial charge is 0.347 e. The zero-order valence-corrected chi connectivity index (χ0v) is 9.33. The van der Waals surface area contributed by atoms with E-state index in [-0.39, 0.29) is 18.4 Å². The first-order valence-corrected chi connectivity index (χ1v) is 4.60. The molecule has 6 nitrogen and oxygen atoms in total. The monoisotopic (exact) mass is 213 g/mol. The van der Waals surface area contributed by atoms with Gasteiger partial charge in [-0.15, -0.1) is 0 Å². The van der Waals surface area contributed by atoms with E-state index in [0.717, 1.165) is 4.90 Å². The molecule has 1 fully saturated rings. The highest BCUT2D eigenvalue weighted by Crippen LogP contribution is 2.16. The third-order valence-corrected chi connectivity index (χ3v) is 2.24. The Balaban J connectivity index is 2.76. The maximum absolute atomic E-state index is 11.7. The Bertz CT molecular complexity index is 323. The van der Waals surface area contributed by atoms with Gasteiger partial charge in [0, 0.05) is 14.1 Å². The second kappa shape index (κ2) is 3.52. The van der Waals surface area contributed by atoms with Crippen LogP contribution in [-0.4, -0.2) is 53.8 Å². The van der Waals surface area contributed by atoms with Crippen molar-refractivity contribution in [3.8, 4) is 0 Å². The molecule has 0 aliphatic carbocycles. The van der Waals surface area contributed by atoms with E-state index in [2.05, 4.69) is 5.32 Å². The van der Waals surface area contributed by atoms with Crippen LogP contribution in [0, 0.1) is 0 Å². The number of nitrogens with zero attached hydrogens (tertiary/aromatic N) is 2. The second-order valence-electron chi connectivity index (χ2n) is 4.23. The van der Waals surface area contributed by atoms with Gasteiger partial charge in [0.25, 0.3) is 5.91 Å². The molecule has 1 aliphatic heterocycles. The van der Waals surface area contributed by atoms with Gasteiger partial charge in [-0.05, 0) is 13.8 Å². The molecule has 4 amide bonds. The molecule has 1 heterocycles. The van der Waals surface area contributed by atoms with Crippen molar-refractivity contribution in [2.24, 2.45) is 0 Å². The smallest absolute Gasteiger partial charge is 0.325 e. The minimum Gasteiger partial charge on any atom is -0.347 e. The van der Waals surface area contributed by atoms with Crippen molar-refractivity contribution in [1.82, 2.24) is 15.1 Å². The third-order valence-electron chi connectivity index (χ3n) is 2.24. The van der Waals surface area contributed by atoms with E-state index in [1.54, 1.807) is 27.9 Å². The maximum Gasteiger partial charge on any atom is 0.325 e. The lowest BCUT2D eigenvalue weighted by molar-refractivity contribution is -0.137. The molecule has 1 N–H and O–H groups in total. The Morgan fingerprint density at radius 3 is 2.27 bits per heavy atom. The molecule has 0 spiro atoms. The van der Waals surface area contributed by atoms with E-state index in [1.807, 2.05) is 0 Å². The summed E-state index contributed by atoms with van der Waals surface area (Å²) in [6, 6.07) is -0.514. The van der Waals surface area contributed by atoms with Crippen LogP contribution in [0.3, 0.4) is 0 Å². The van der Waals surface area contributed by atoms with Gasteiger partial charge >= 0.3 is 6.03 Å². The van der Waals surface area contributed by atoms with Crippen molar-refractivity contribution in [2.45, 2.75) is 19.4 Å². The average Bonchev–Trinajstić information content (AvgIpc) is 2.27. The van der Waals surface area contributed by atoms with Crippen LogP contribution >= 0.6 is 0 Å². The number of hydrogen-bond donors (Lipinski definition) is 1. The van der Waals surface area contributed by atoms with Gasteiger partial charge in [-0.25, -0.2) is 4.79 Å². The van der Waals surface area contributed by atoms with Crippen molar-refractivity contribution in [3.05, 3.63) is 0 Å². The summed E-state index contributed by atoms with van der Waals surface area (Å²) in [4.78, 5) is 36.7. The predicted molar refractivity (Wildman–Crippen MR) is 53.0 cm³/mol. The SMILES string of the molecule is CN(C)C(=O)CN1C(=O)NC(C)(C)C1=O. The molecule has 1 saturated heterocycles. The molecule has 0 atom stereocenters. The summed E-state index contributed by atoms with van der Waals surface area (Å²) in [6.45, 7) is 3.00. The fourth-order valence-electron chi connectivity index (χ4n) is 1.24. The van der Waals surface area contributed by atoms with E-state index in [9.17, 15) is 14.4 Å². The van der Waals surface area contributed by atoms with Crippen LogP contribution < -0.4 is 5.32 Å². The highest BCUT2D eigenvalue weighted by Gasteiger charge is 2.44. The molecule has 0 radical (unpaired) electrons. The molecule has 6 heteroatoms. The van der Waals surface area contributed by atoms with E-state index in [0.29, 0.717) is 0 Å². The topological polar surface area (TPSA) is 69.7 Å². The van der Waals surface area contributed by atoms with Gasteiger partial charge in [0.2, 0.25) is 5.91 Å². The van der Waals surface area contributed by atoms with E-state index < -0.39 is 11.6 Å². The number of hydrogen-bond acceptors (Lipinski definition) is 3. The van der Waals surface area contributed by atoms with Crippen molar-refractivity contribution in [2.75, 3.05) is 20.6 Å². The molecule has 0 saturated carbocycles. The average molecular weight is 213 g/mol. The molecule has 1 rings (SSSR count). The Kier molecular flexibility index (Phi) is 2.70. The molecule has 0 bridgehead atoms. The normalized spacial score (nSPS) is 19.1. The molecule has 1 aliphatic rings. The molecule has 84 valence electrons. The molecule has 15 heavy (non-hydrogen) atoms.